The van der Waals surface area contributed by atoms with E-state index in [2.05, 4.69) is 18.7 Å². The van der Waals surface area contributed by atoms with Crippen molar-refractivity contribution < 1.29 is 14.3 Å². The lowest BCUT2D eigenvalue weighted by Crippen LogP contribution is -2.15. The summed E-state index contributed by atoms with van der Waals surface area (Å²) in [6.45, 7) is 3.62. The molecule has 0 saturated carbocycles. The number of hydrogen-bond acceptors (Lipinski definition) is 3. The van der Waals surface area contributed by atoms with Gasteiger partial charge < -0.3 is 9.47 Å². The van der Waals surface area contributed by atoms with Crippen molar-refractivity contribution in [3.63, 3.8) is 0 Å². The first-order valence-electron chi connectivity index (χ1n) is 4.95. The lowest BCUT2D eigenvalue weighted by Gasteiger charge is -2.08. The van der Waals surface area contributed by atoms with Crippen molar-refractivity contribution in [2.45, 2.75) is 37.6 Å². The van der Waals surface area contributed by atoms with Crippen molar-refractivity contribution in [2.24, 2.45) is 0 Å². The molecule has 0 aromatic heterocycles. The standard InChI is InChI=1S/C11H14O3/c1-2-3-4-5-6-7-8-9-10(14-9)11(12)13-8/h2,4-5,8-10H,1,3,6-7H2/b5-4+/t8-,9-,10-/m1/s1. The molecule has 0 radical (unpaired) electrons. The van der Waals surface area contributed by atoms with Crippen molar-refractivity contribution in [3.8, 4) is 0 Å². The second-order valence-corrected chi connectivity index (χ2v) is 3.57. The zero-order valence-electron chi connectivity index (χ0n) is 8.02. The number of ether oxygens (including phenoxy) is 2. The van der Waals surface area contributed by atoms with Gasteiger partial charge in [0, 0.05) is 0 Å². The van der Waals surface area contributed by atoms with Crippen LogP contribution in [0.2, 0.25) is 0 Å². The molecule has 3 heteroatoms. The maximum Gasteiger partial charge on any atom is 0.338 e. The van der Waals surface area contributed by atoms with E-state index in [1.165, 1.54) is 0 Å². The molecule has 3 atom stereocenters. The van der Waals surface area contributed by atoms with E-state index in [0.717, 1.165) is 19.3 Å². The molecule has 0 bridgehead atoms. The maximum absolute atomic E-state index is 11.0. The monoisotopic (exact) mass is 194 g/mol. The molecule has 0 aliphatic carbocycles. The van der Waals surface area contributed by atoms with E-state index in [4.69, 9.17) is 9.47 Å². The van der Waals surface area contributed by atoms with Gasteiger partial charge in [-0.1, -0.05) is 18.2 Å². The highest BCUT2D eigenvalue weighted by atomic mass is 16.7. The SMILES string of the molecule is C=CC/C=C/CC[C@H]1OC(=O)[C@@H]2O[C@H]12. The summed E-state index contributed by atoms with van der Waals surface area (Å²) < 4.78 is 10.3. The molecule has 2 heterocycles. The van der Waals surface area contributed by atoms with Crippen LogP contribution in [0, 0.1) is 0 Å². The first-order chi connectivity index (χ1) is 6.83. The van der Waals surface area contributed by atoms with Crippen LogP contribution in [0.4, 0.5) is 0 Å². The Morgan fingerprint density at radius 3 is 2.86 bits per heavy atom. The molecule has 2 aliphatic rings. The Balaban J connectivity index is 1.67. The summed E-state index contributed by atoms with van der Waals surface area (Å²) in [5.74, 6) is -0.185. The molecule has 0 amide bonds. The average Bonchev–Trinajstić information content (AvgIpc) is 2.90. The quantitative estimate of drug-likeness (QED) is 0.379. The Bertz CT molecular complexity index is 270. The predicted octanol–water partition coefficient (Wildman–Crippen LogP) is 1.59. The van der Waals surface area contributed by atoms with Crippen molar-refractivity contribution in [1.82, 2.24) is 0 Å². The second-order valence-electron chi connectivity index (χ2n) is 3.57. The minimum atomic E-state index is -0.239. The van der Waals surface area contributed by atoms with Crippen LogP contribution in [0.15, 0.2) is 24.8 Å². The zero-order chi connectivity index (χ0) is 9.97. The van der Waals surface area contributed by atoms with E-state index >= 15 is 0 Å². The molecule has 3 nitrogen and oxygen atoms in total. The fourth-order valence-corrected chi connectivity index (χ4v) is 1.67. The van der Waals surface area contributed by atoms with Crippen LogP contribution in [0.5, 0.6) is 0 Å². The highest BCUT2D eigenvalue weighted by Gasteiger charge is 2.58. The molecule has 0 aromatic carbocycles. The van der Waals surface area contributed by atoms with Crippen LogP contribution in [0.3, 0.4) is 0 Å². The molecule has 0 aromatic rings. The topological polar surface area (TPSA) is 38.8 Å². The van der Waals surface area contributed by atoms with E-state index in [0.29, 0.717) is 0 Å². The van der Waals surface area contributed by atoms with Gasteiger partial charge in [-0.25, -0.2) is 4.79 Å². The van der Waals surface area contributed by atoms with E-state index in [9.17, 15) is 4.79 Å². The molecule has 0 spiro atoms. The highest BCUT2D eigenvalue weighted by Crippen LogP contribution is 2.37. The van der Waals surface area contributed by atoms with Gasteiger partial charge in [-0.05, 0) is 19.3 Å². The summed E-state index contributed by atoms with van der Waals surface area (Å²) in [5.41, 5.74) is 0. The third kappa shape index (κ3) is 1.87. The van der Waals surface area contributed by atoms with Crippen LogP contribution >= 0.6 is 0 Å². The fraction of sp³-hybridized carbons (Fsp3) is 0.545. The minimum Gasteiger partial charge on any atom is -0.457 e. The number of carbonyl (C=O) groups is 1. The number of cyclic esters (lactones) is 1. The minimum absolute atomic E-state index is 0.0131. The maximum atomic E-state index is 11.0. The van der Waals surface area contributed by atoms with Gasteiger partial charge in [-0.3, -0.25) is 0 Å². The van der Waals surface area contributed by atoms with Gasteiger partial charge in [0.15, 0.2) is 6.10 Å². The molecule has 2 rings (SSSR count). The third-order valence-corrected chi connectivity index (χ3v) is 2.48. The van der Waals surface area contributed by atoms with Gasteiger partial charge in [0.2, 0.25) is 0 Å². The van der Waals surface area contributed by atoms with Gasteiger partial charge in [0.1, 0.15) is 12.2 Å². The molecular weight excluding hydrogens is 180 g/mol. The van der Waals surface area contributed by atoms with Crippen molar-refractivity contribution >= 4 is 5.97 Å². The molecule has 0 unspecified atom stereocenters. The van der Waals surface area contributed by atoms with Gasteiger partial charge in [-0.15, -0.1) is 6.58 Å². The van der Waals surface area contributed by atoms with Gasteiger partial charge >= 0.3 is 5.97 Å². The molecule has 2 fully saturated rings. The Kier molecular flexibility index (Phi) is 2.68. The molecule has 2 aliphatic heterocycles. The van der Waals surface area contributed by atoms with E-state index in [-0.39, 0.29) is 24.3 Å². The summed E-state index contributed by atoms with van der Waals surface area (Å²) in [6.07, 6.45) is 8.49. The Labute approximate surface area is 83.4 Å². The van der Waals surface area contributed by atoms with Crippen molar-refractivity contribution in [2.75, 3.05) is 0 Å². The number of carbonyl (C=O) groups excluding carboxylic acids is 1. The van der Waals surface area contributed by atoms with E-state index in [1.54, 1.807) is 0 Å². The normalized spacial score (nSPS) is 34.3. The van der Waals surface area contributed by atoms with Gasteiger partial charge in [-0.2, -0.15) is 0 Å². The summed E-state index contributed by atoms with van der Waals surface area (Å²) >= 11 is 0. The first kappa shape index (κ1) is 9.46. The number of esters is 1. The van der Waals surface area contributed by atoms with E-state index < -0.39 is 0 Å². The molecule has 76 valence electrons. The number of epoxide rings is 1. The van der Waals surface area contributed by atoms with Gasteiger partial charge in [0.05, 0.1) is 0 Å². The Morgan fingerprint density at radius 1 is 1.43 bits per heavy atom. The number of hydrogen-bond donors (Lipinski definition) is 0. The first-order valence-corrected chi connectivity index (χ1v) is 4.95. The van der Waals surface area contributed by atoms with E-state index in [1.807, 2.05) is 6.08 Å². The lowest BCUT2D eigenvalue weighted by atomic mass is 10.1. The third-order valence-electron chi connectivity index (χ3n) is 2.48. The average molecular weight is 194 g/mol. The van der Waals surface area contributed by atoms with Crippen molar-refractivity contribution in [3.05, 3.63) is 24.8 Å². The smallest absolute Gasteiger partial charge is 0.338 e. The predicted molar refractivity (Wildman–Crippen MR) is 51.7 cm³/mol. The largest absolute Gasteiger partial charge is 0.457 e. The summed E-state index contributed by atoms with van der Waals surface area (Å²) in [5, 5.41) is 0. The Hall–Kier alpha value is -1.09. The summed E-state index contributed by atoms with van der Waals surface area (Å²) in [7, 11) is 0. The van der Waals surface area contributed by atoms with Crippen LogP contribution in [0.25, 0.3) is 0 Å². The summed E-state index contributed by atoms with van der Waals surface area (Å²) in [6, 6.07) is 0. The molecule has 14 heavy (non-hydrogen) atoms. The van der Waals surface area contributed by atoms with Gasteiger partial charge in [0.25, 0.3) is 0 Å². The zero-order valence-corrected chi connectivity index (χ0v) is 8.02. The van der Waals surface area contributed by atoms with Crippen LogP contribution in [-0.4, -0.2) is 24.3 Å². The lowest BCUT2D eigenvalue weighted by molar-refractivity contribution is -0.149. The molecular formula is C11H14O3. The van der Waals surface area contributed by atoms with Crippen LogP contribution < -0.4 is 0 Å². The summed E-state index contributed by atoms with van der Waals surface area (Å²) in [4.78, 5) is 11.0. The highest BCUT2D eigenvalue weighted by molar-refractivity contribution is 5.81. The number of fused-ring (bicyclic) bond motifs is 1. The number of allylic oxidation sites excluding steroid dienone is 3. The van der Waals surface area contributed by atoms with Crippen LogP contribution in [-0.2, 0) is 14.3 Å². The number of rotatable bonds is 5. The van der Waals surface area contributed by atoms with Crippen molar-refractivity contribution in [1.29, 1.82) is 0 Å². The second kappa shape index (κ2) is 3.96. The molecule has 2 saturated heterocycles. The molecule has 0 N–H and O–H groups in total. The fourth-order valence-electron chi connectivity index (χ4n) is 1.67. The van der Waals surface area contributed by atoms with Crippen LogP contribution in [0.1, 0.15) is 19.3 Å². The Morgan fingerprint density at radius 2 is 2.29 bits per heavy atom.